The van der Waals surface area contributed by atoms with Crippen molar-refractivity contribution < 1.29 is 34.7 Å². The Morgan fingerprint density at radius 2 is 1.12 bits per heavy atom. The molecule has 1 aliphatic rings. The van der Waals surface area contributed by atoms with Crippen LogP contribution in [-0.4, -0.2) is 76.3 Å². The topological polar surface area (TPSA) is 128 Å². The number of aliphatic hydroxyl groups is 4. The molecular formula is C49H91NO7. The number of hydrogen-bond acceptors (Lipinski definition) is 7. The van der Waals surface area contributed by atoms with E-state index >= 15 is 0 Å². The molecule has 5 unspecified atom stereocenters. The van der Waals surface area contributed by atoms with Crippen molar-refractivity contribution in [1.29, 1.82) is 0 Å². The van der Waals surface area contributed by atoms with Gasteiger partial charge in [0.05, 0.1) is 25.4 Å². The highest BCUT2D eigenvalue weighted by Crippen LogP contribution is 2.21. The summed E-state index contributed by atoms with van der Waals surface area (Å²) in [6.07, 6.45) is 42.9. The number of carbonyl (C=O) groups is 1. The third-order valence-electron chi connectivity index (χ3n) is 11.5. The van der Waals surface area contributed by atoms with Gasteiger partial charge in [0.2, 0.25) is 5.91 Å². The fraction of sp³-hybridized carbons (Fsp3) is 0.857. The van der Waals surface area contributed by atoms with Crippen molar-refractivity contribution in [2.75, 3.05) is 13.2 Å². The van der Waals surface area contributed by atoms with E-state index in [1.54, 1.807) is 19.1 Å². The molecule has 8 heteroatoms. The number of unbranched alkanes of at least 4 members (excludes halogenated alkanes) is 27. The molecule has 0 bridgehead atoms. The number of carbonyl (C=O) groups excluding carboxylic acids is 1. The van der Waals surface area contributed by atoms with Gasteiger partial charge in [0.1, 0.15) is 18.3 Å². The van der Waals surface area contributed by atoms with Crippen LogP contribution in [0.1, 0.15) is 220 Å². The van der Waals surface area contributed by atoms with E-state index in [1.807, 2.05) is 6.08 Å². The molecule has 0 fully saturated rings. The number of amides is 1. The minimum atomic E-state index is -1.18. The molecule has 1 rings (SSSR count). The maximum atomic E-state index is 13.1. The highest BCUT2D eigenvalue weighted by Gasteiger charge is 2.31. The number of hydrogen-bond donors (Lipinski definition) is 5. The van der Waals surface area contributed by atoms with Crippen LogP contribution >= 0.6 is 0 Å². The van der Waals surface area contributed by atoms with Gasteiger partial charge in [-0.1, -0.05) is 205 Å². The fourth-order valence-electron chi connectivity index (χ4n) is 7.57. The first-order valence-electron chi connectivity index (χ1n) is 24.1. The molecule has 0 aromatic carbocycles. The van der Waals surface area contributed by atoms with Crippen LogP contribution in [0.5, 0.6) is 0 Å². The fourth-order valence-corrected chi connectivity index (χ4v) is 7.57. The van der Waals surface area contributed by atoms with Crippen LogP contribution in [0.15, 0.2) is 36.0 Å². The molecule has 57 heavy (non-hydrogen) atoms. The second kappa shape index (κ2) is 38.6. The van der Waals surface area contributed by atoms with Gasteiger partial charge in [0, 0.05) is 0 Å². The zero-order valence-electron chi connectivity index (χ0n) is 37.2. The molecule has 1 aliphatic heterocycles. The number of nitrogens with one attached hydrogen (secondary N) is 1. The predicted octanol–water partition coefficient (Wildman–Crippen LogP) is 11.5. The third kappa shape index (κ3) is 30.2. The van der Waals surface area contributed by atoms with Crippen molar-refractivity contribution in [3.63, 3.8) is 0 Å². The van der Waals surface area contributed by atoms with Crippen molar-refractivity contribution in [2.24, 2.45) is 0 Å². The van der Waals surface area contributed by atoms with E-state index in [4.69, 9.17) is 9.47 Å². The number of allylic oxidation sites excluding steroid dienone is 3. The molecule has 0 radical (unpaired) electrons. The molecule has 1 amide bonds. The Bertz CT molecular complexity index is 1000. The van der Waals surface area contributed by atoms with Crippen molar-refractivity contribution >= 4 is 5.91 Å². The van der Waals surface area contributed by atoms with Gasteiger partial charge in [-0.25, -0.2) is 0 Å². The van der Waals surface area contributed by atoms with Crippen molar-refractivity contribution in [1.82, 2.24) is 5.32 Å². The minimum Gasteiger partial charge on any atom is -0.393 e. The molecule has 0 spiro atoms. The van der Waals surface area contributed by atoms with Crippen LogP contribution < -0.4 is 5.32 Å². The highest BCUT2D eigenvalue weighted by atomic mass is 16.7. The molecule has 334 valence electrons. The predicted molar refractivity (Wildman–Crippen MR) is 238 cm³/mol. The van der Waals surface area contributed by atoms with Crippen molar-refractivity contribution in [3.8, 4) is 0 Å². The molecular weight excluding hydrogens is 715 g/mol. The van der Waals surface area contributed by atoms with Gasteiger partial charge >= 0.3 is 0 Å². The summed E-state index contributed by atoms with van der Waals surface area (Å²) in [4.78, 5) is 13.1. The van der Waals surface area contributed by atoms with Crippen LogP contribution in [-0.2, 0) is 14.3 Å². The van der Waals surface area contributed by atoms with Gasteiger partial charge in [-0.2, -0.15) is 0 Å². The van der Waals surface area contributed by atoms with Gasteiger partial charge in [-0.3, -0.25) is 4.79 Å². The van der Waals surface area contributed by atoms with Gasteiger partial charge < -0.3 is 35.2 Å². The smallest absolute Gasteiger partial charge is 0.249 e. The van der Waals surface area contributed by atoms with Gasteiger partial charge in [-0.15, -0.1) is 0 Å². The zero-order valence-corrected chi connectivity index (χ0v) is 37.2. The van der Waals surface area contributed by atoms with Crippen LogP contribution in [0.2, 0.25) is 0 Å². The summed E-state index contributed by atoms with van der Waals surface area (Å²) in [5, 5.41) is 44.7. The van der Waals surface area contributed by atoms with E-state index < -0.39 is 42.7 Å². The third-order valence-corrected chi connectivity index (χ3v) is 11.5. The lowest BCUT2D eigenvalue weighted by atomic mass is 10.0. The van der Waals surface area contributed by atoms with Gasteiger partial charge in [0.15, 0.2) is 6.29 Å². The quantitative estimate of drug-likeness (QED) is 0.0308. The SMILES string of the molecule is CCCCCCCCC/C=C/CC/C=C/C(O)C(COC1OC(CO)C(C)=C[C@@H]1O)NC(=O)C(O)CCCCCCCCCCCCCCCCCCCCCC. The van der Waals surface area contributed by atoms with Crippen LogP contribution in [0.3, 0.4) is 0 Å². The van der Waals surface area contributed by atoms with E-state index in [9.17, 15) is 25.2 Å². The van der Waals surface area contributed by atoms with E-state index in [-0.39, 0.29) is 13.2 Å². The summed E-state index contributed by atoms with van der Waals surface area (Å²) in [6, 6.07) is -0.860. The van der Waals surface area contributed by atoms with Gasteiger partial charge in [0.25, 0.3) is 0 Å². The Kier molecular flexibility index (Phi) is 36.2. The summed E-state index contributed by atoms with van der Waals surface area (Å²) in [5.41, 5.74) is 0.710. The molecule has 1 heterocycles. The highest BCUT2D eigenvalue weighted by molar-refractivity contribution is 5.80. The number of rotatable bonds is 40. The first kappa shape index (κ1) is 53.5. The Labute approximate surface area is 350 Å². The summed E-state index contributed by atoms with van der Waals surface area (Å²) in [7, 11) is 0. The number of ether oxygens (including phenoxy) is 2. The molecule has 5 N–H and O–H groups in total. The zero-order chi connectivity index (χ0) is 41.6. The average molecular weight is 806 g/mol. The van der Waals surface area contributed by atoms with Crippen LogP contribution in [0, 0.1) is 0 Å². The van der Waals surface area contributed by atoms with Crippen molar-refractivity contribution in [2.45, 2.75) is 257 Å². The van der Waals surface area contributed by atoms with E-state index in [0.29, 0.717) is 12.0 Å². The summed E-state index contributed by atoms with van der Waals surface area (Å²) in [5.74, 6) is -0.545. The summed E-state index contributed by atoms with van der Waals surface area (Å²) in [6.45, 7) is 5.90. The van der Waals surface area contributed by atoms with Crippen molar-refractivity contribution in [3.05, 3.63) is 36.0 Å². The normalized spacial score (nSPS) is 19.0. The van der Waals surface area contributed by atoms with E-state index in [0.717, 1.165) is 38.5 Å². The second-order valence-corrected chi connectivity index (χ2v) is 16.9. The Hall–Kier alpha value is -1.55. The molecule has 0 aliphatic carbocycles. The first-order chi connectivity index (χ1) is 27.8. The standard InChI is InChI=1S/C49H91NO7/c1-4-6-8-10-12-14-16-18-19-20-21-22-23-24-26-28-30-32-34-36-38-45(53)48(55)50-43(41-56-49-46(54)39-42(3)47(40-51)57-49)44(52)37-35-33-31-29-27-25-17-15-13-11-9-7-5-2/h27,29,35,37,39,43-47,49,51-54H,4-26,28,30-34,36,38,40-41H2,1-3H3,(H,50,55)/b29-27+,37-35+/t43?,44?,45?,46-,47?,49?/m0/s1. The van der Waals surface area contributed by atoms with Crippen LogP contribution in [0.25, 0.3) is 0 Å². The maximum Gasteiger partial charge on any atom is 0.249 e. The first-order valence-corrected chi connectivity index (χ1v) is 24.1. The summed E-state index contributed by atoms with van der Waals surface area (Å²) >= 11 is 0. The lowest BCUT2D eigenvalue weighted by Gasteiger charge is -2.33. The number of aliphatic hydroxyl groups excluding tert-OH is 4. The Morgan fingerprint density at radius 3 is 1.61 bits per heavy atom. The molecule has 0 aromatic rings. The van der Waals surface area contributed by atoms with E-state index in [2.05, 4.69) is 31.3 Å². The Balaban J connectivity index is 2.33. The lowest BCUT2D eigenvalue weighted by Crippen LogP contribution is -2.51. The van der Waals surface area contributed by atoms with Gasteiger partial charge in [-0.05, 0) is 50.7 Å². The molecule has 0 saturated heterocycles. The average Bonchev–Trinajstić information content (AvgIpc) is 3.20. The van der Waals surface area contributed by atoms with E-state index in [1.165, 1.54) is 154 Å². The molecule has 0 saturated carbocycles. The minimum absolute atomic E-state index is 0.144. The molecule has 0 aromatic heterocycles. The second-order valence-electron chi connectivity index (χ2n) is 16.9. The molecule has 8 nitrogen and oxygen atoms in total. The monoisotopic (exact) mass is 806 g/mol. The van der Waals surface area contributed by atoms with Crippen LogP contribution in [0.4, 0.5) is 0 Å². The lowest BCUT2D eigenvalue weighted by molar-refractivity contribution is -0.216. The largest absolute Gasteiger partial charge is 0.393 e. The maximum absolute atomic E-state index is 13.1. The Morgan fingerprint density at radius 1 is 0.684 bits per heavy atom. The summed E-state index contributed by atoms with van der Waals surface area (Å²) < 4.78 is 11.6. The molecule has 6 atom stereocenters.